The van der Waals surface area contributed by atoms with Crippen molar-refractivity contribution in [1.29, 1.82) is 0 Å². The molecule has 130 valence electrons. The maximum Gasteiger partial charge on any atom is 0.237 e. The molecule has 24 heavy (non-hydrogen) atoms. The summed E-state index contributed by atoms with van der Waals surface area (Å²) < 4.78 is 26.3. The molecule has 1 atom stereocenters. The Balaban J connectivity index is 2.04. The topological polar surface area (TPSA) is 105 Å². The number of piperazine rings is 1. The van der Waals surface area contributed by atoms with Crippen molar-refractivity contribution in [2.24, 2.45) is 5.73 Å². The molecule has 1 aromatic carbocycles. The average Bonchev–Trinajstić information content (AvgIpc) is 2.52. The molecule has 1 fully saturated rings. The number of nitrogens with two attached hydrogens (primary N) is 1. The maximum atomic E-state index is 13.3. The van der Waals surface area contributed by atoms with E-state index in [1.54, 1.807) is 4.90 Å². The van der Waals surface area contributed by atoms with Gasteiger partial charge < -0.3 is 16.4 Å². The minimum Gasteiger partial charge on any atom is -0.368 e. The van der Waals surface area contributed by atoms with Gasteiger partial charge in [-0.3, -0.25) is 19.3 Å². The van der Waals surface area contributed by atoms with Crippen LogP contribution in [0.4, 0.5) is 8.78 Å². The fourth-order valence-electron chi connectivity index (χ4n) is 2.48. The van der Waals surface area contributed by atoms with Crippen LogP contribution in [0.2, 0.25) is 0 Å². The molecule has 1 aliphatic rings. The predicted octanol–water partition coefficient (Wildman–Crippen LogP) is -0.743. The number of rotatable bonds is 6. The zero-order valence-corrected chi connectivity index (χ0v) is 12.9. The van der Waals surface area contributed by atoms with Crippen LogP contribution in [0.3, 0.4) is 0 Å². The fraction of sp³-hybridized carbons (Fsp3) is 0.400. The summed E-state index contributed by atoms with van der Waals surface area (Å²) in [6, 6.07) is 2.74. The normalized spacial score (nSPS) is 18.1. The minimum atomic E-state index is -0.968. The van der Waals surface area contributed by atoms with Gasteiger partial charge in [0.05, 0.1) is 19.0 Å². The molecule has 0 saturated carbocycles. The number of halogens is 2. The number of carbonyl (C=O) groups is 3. The van der Waals surface area contributed by atoms with E-state index in [1.807, 2.05) is 0 Å². The Morgan fingerprint density at radius 3 is 2.75 bits per heavy atom. The Labute approximate surface area is 137 Å². The van der Waals surface area contributed by atoms with Gasteiger partial charge in [0.2, 0.25) is 17.7 Å². The summed E-state index contributed by atoms with van der Waals surface area (Å²) in [5.41, 5.74) is 5.44. The molecular weight excluding hydrogens is 322 g/mol. The third kappa shape index (κ3) is 4.72. The minimum absolute atomic E-state index is 0.164. The van der Waals surface area contributed by atoms with Gasteiger partial charge in [0.25, 0.3) is 0 Å². The summed E-state index contributed by atoms with van der Waals surface area (Å²) in [5, 5.41) is 4.97. The van der Waals surface area contributed by atoms with E-state index in [-0.39, 0.29) is 25.4 Å². The summed E-state index contributed by atoms with van der Waals surface area (Å²) in [6.45, 7) is 0.731. The van der Waals surface area contributed by atoms with Gasteiger partial charge in [0.15, 0.2) is 11.6 Å². The van der Waals surface area contributed by atoms with Crippen LogP contribution in [0.25, 0.3) is 0 Å². The van der Waals surface area contributed by atoms with Crippen molar-refractivity contribution in [2.75, 3.05) is 19.6 Å². The third-order valence-electron chi connectivity index (χ3n) is 3.65. The van der Waals surface area contributed by atoms with Gasteiger partial charge in [-0.05, 0) is 17.7 Å². The summed E-state index contributed by atoms with van der Waals surface area (Å²) in [7, 11) is 0. The van der Waals surface area contributed by atoms with Crippen LogP contribution in [0.15, 0.2) is 18.2 Å². The molecule has 0 unspecified atom stereocenters. The highest BCUT2D eigenvalue weighted by Crippen LogP contribution is 2.16. The molecule has 0 radical (unpaired) electrons. The molecule has 2 rings (SSSR count). The second-order valence-electron chi connectivity index (χ2n) is 5.47. The number of benzene rings is 1. The van der Waals surface area contributed by atoms with Gasteiger partial charge >= 0.3 is 0 Å². The van der Waals surface area contributed by atoms with E-state index in [1.165, 1.54) is 6.07 Å². The predicted molar refractivity (Wildman–Crippen MR) is 80.4 cm³/mol. The smallest absolute Gasteiger partial charge is 0.237 e. The fourth-order valence-corrected chi connectivity index (χ4v) is 2.48. The number of hydrogen-bond donors (Lipinski definition) is 3. The summed E-state index contributed by atoms with van der Waals surface area (Å²) >= 11 is 0. The van der Waals surface area contributed by atoms with Gasteiger partial charge in [-0.25, -0.2) is 8.78 Å². The highest BCUT2D eigenvalue weighted by Gasteiger charge is 2.31. The maximum absolute atomic E-state index is 13.3. The van der Waals surface area contributed by atoms with Crippen LogP contribution in [-0.2, 0) is 20.9 Å². The lowest BCUT2D eigenvalue weighted by Crippen LogP contribution is -2.56. The van der Waals surface area contributed by atoms with E-state index in [0.717, 1.165) is 12.1 Å². The first-order valence-electron chi connectivity index (χ1n) is 7.37. The molecule has 0 aliphatic carbocycles. The second kappa shape index (κ2) is 7.82. The molecule has 0 spiro atoms. The Hall–Kier alpha value is -2.55. The quantitative estimate of drug-likeness (QED) is 0.634. The van der Waals surface area contributed by atoms with Gasteiger partial charge in [0, 0.05) is 19.6 Å². The third-order valence-corrected chi connectivity index (χ3v) is 3.65. The first-order valence-corrected chi connectivity index (χ1v) is 7.37. The van der Waals surface area contributed by atoms with Gasteiger partial charge in [-0.2, -0.15) is 0 Å². The lowest BCUT2D eigenvalue weighted by atomic mass is 10.1. The molecular formula is C15H18F2N4O3. The lowest BCUT2D eigenvalue weighted by molar-refractivity contribution is -0.134. The van der Waals surface area contributed by atoms with Crippen LogP contribution in [0.1, 0.15) is 12.0 Å². The molecule has 1 aromatic rings. The van der Waals surface area contributed by atoms with Crippen LogP contribution in [0.5, 0.6) is 0 Å². The van der Waals surface area contributed by atoms with Crippen molar-refractivity contribution >= 4 is 17.7 Å². The highest BCUT2D eigenvalue weighted by molar-refractivity contribution is 5.90. The largest absolute Gasteiger partial charge is 0.368 e. The average molecular weight is 340 g/mol. The number of primary amides is 1. The molecule has 7 nitrogen and oxygen atoms in total. The Morgan fingerprint density at radius 2 is 2.08 bits per heavy atom. The summed E-state index contributed by atoms with van der Waals surface area (Å²) in [4.78, 5) is 36.2. The Morgan fingerprint density at radius 1 is 1.33 bits per heavy atom. The highest BCUT2D eigenvalue weighted by atomic mass is 19.2. The van der Waals surface area contributed by atoms with Crippen LogP contribution >= 0.6 is 0 Å². The van der Waals surface area contributed by atoms with Gasteiger partial charge in [0.1, 0.15) is 0 Å². The number of hydrogen-bond acceptors (Lipinski definition) is 4. The van der Waals surface area contributed by atoms with Gasteiger partial charge in [-0.1, -0.05) is 6.07 Å². The number of carbonyl (C=O) groups excluding carboxylic acids is 3. The van der Waals surface area contributed by atoms with E-state index in [4.69, 9.17) is 5.73 Å². The van der Waals surface area contributed by atoms with E-state index in [2.05, 4.69) is 10.6 Å². The molecule has 3 amide bonds. The van der Waals surface area contributed by atoms with E-state index < -0.39 is 29.5 Å². The summed E-state index contributed by atoms with van der Waals surface area (Å²) in [6.07, 6.45) is -0.164. The van der Waals surface area contributed by atoms with E-state index >= 15 is 0 Å². The lowest BCUT2D eigenvalue weighted by Gasteiger charge is -2.34. The van der Waals surface area contributed by atoms with Gasteiger partial charge in [-0.15, -0.1) is 0 Å². The van der Waals surface area contributed by atoms with E-state index in [0.29, 0.717) is 18.7 Å². The van der Waals surface area contributed by atoms with Crippen molar-refractivity contribution in [3.05, 3.63) is 35.4 Å². The number of nitrogens with zero attached hydrogens (tertiary/aromatic N) is 1. The van der Waals surface area contributed by atoms with Crippen molar-refractivity contribution in [2.45, 2.75) is 19.0 Å². The van der Waals surface area contributed by atoms with Crippen molar-refractivity contribution in [3.63, 3.8) is 0 Å². The zero-order chi connectivity index (χ0) is 17.7. The number of nitrogens with one attached hydrogen (secondary N) is 2. The molecule has 4 N–H and O–H groups in total. The first-order chi connectivity index (χ1) is 11.4. The van der Waals surface area contributed by atoms with Crippen LogP contribution < -0.4 is 16.4 Å². The van der Waals surface area contributed by atoms with Crippen molar-refractivity contribution < 1.29 is 23.2 Å². The van der Waals surface area contributed by atoms with Crippen molar-refractivity contribution in [3.8, 4) is 0 Å². The molecule has 1 saturated heterocycles. The Kier molecular flexibility index (Phi) is 5.80. The molecule has 9 heteroatoms. The first kappa shape index (κ1) is 17.8. The molecule has 0 bridgehead atoms. The van der Waals surface area contributed by atoms with Crippen LogP contribution in [-0.4, -0.2) is 48.3 Å². The zero-order valence-electron chi connectivity index (χ0n) is 12.9. The molecule has 1 heterocycles. The summed E-state index contributed by atoms with van der Waals surface area (Å²) in [5.74, 6) is -3.43. The monoisotopic (exact) mass is 340 g/mol. The Bertz CT molecular complexity index is 654. The standard InChI is InChI=1S/C15H18F2N4O3/c16-10-2-1-9(5-11(10)17)8-21-4-3-19-15(24)12(21)6-14(23)20-7-13(18)22/h1-2,5,12H,3-4,6-8H2,(H2,18,22)(H,19,24)(H,20,23)/t12-/m0/s1. The SMILES string of the molecule is NC(=O)CNC(=O)C[C@H]1C(=O)NCCN1Cc1ccc(F)c(F)c1. The van der Waals surface area contributed by atoms with Crippen LogP contribution in [0, 0.1) is 11.6 Å². The number of amides is 3. The molecule has 1 aliphatic heterocycles. The van der Waals surface area contributed by atoms with Crippen molar-refractivity contribution in [1.82, 2.24) is 15.5 Å². The molecule has 0 aromatic heterocycles. The van der Waals surface area contributed by atoms with E-state index in [9.17, 15) is 23.2 Å². The second-order valence-corrected chi connectivity index (χ2v) is 5.47.